The van der Waals surface area contributed by atoms with E-state index in [1.54, 1.807) is 6.21 Å². The topological polar surface area (TPSA) is 53.9 Å². The molecule has 154 valence electrons. The van der Waals surface area contributed by atoms with Gasteiger partial charge in [-0.05, 0) is 55.8 Å². The van der Waals surface area contributed by atoms with E-state index < -0.39 is 0 Å². The van der Waals surface area contributed by atoms with Gasteiger partial charge in [-0.2, -0.15) is 5.10 Å². The van der Waals surface area contributed by atoms with E-state index in [1.807, 2.05) is 78.9 Å². The zero-order valence-electron chi connectivity index (χ0n) is 17.4. The van der Waals surface area contributed by atoms with Gasteiger partial charge in [0.1, 0.15) is 12.4 Å². The van der Waals surface area contributed by atoms with E-state index in [2.05, 4.69) is 29.3 Å². The van der Waals surface area contributed by atoms with Gasteiger partial charge >= 0.3 is 0 Å². The minimum atomic E-state index is -0.250. The first-order chi connectivity index (χ1) is 14.7. The second kappa shape index (κ2) is 10.8. The van der Waals surface area contributed by atoms with Crippen LogP contribution in [0.5, 0.6) is 5.75 Å². The number of ether oxygens (including phenoxy) is 1. The third kappa shape index (κ3) is 5.70. The summed E-state index contributed by atoms with van der Waals surface area (Å²) in [6.45, 7) is 6.55. The highest BCUT2D eigenvalue weighted by molar-refractivity contribution is 5.95. The van der Waals surface area contributed by atoms with Crippen molar-refractivity contribution in [3.05, 3.63) is 95.6 Å². The number of carbonyl (C=O) groups is 1. The average molecular weight is 402 g/mol. The molecule has 3 rings (SSSR count). The Bertz CT molecular complexity index is 965. The summed E-state index contributed by atoms with van der Waals surface area (Å²) in [5.74, 6) is 0.461. The van der Waals surface area contributed by atoms with E-state index in [0.29, 0.717) is 17.9 Å². The summed E-state index contributed by atoms with van der Waals surface area (Å²) in [7, 11) is 0. The Labute approximate surface area is 178 Å². The Morgan fingerprint density at radius 2 is 1.60 bits per heavy atom. The fourth-order valence-corrected chi connectivity index (χ4v) is 3.09. The molecule has 0 aliphatic heterocycles. The van der Waals surface area contributed by atoms with Crippen LogP contribution < -0.4 is 15.1 Å². The largest absolute Gasteiger partial charge is 0.488 e. The van der Waals surface area contributed by atoms with Crippen LogP contribution in [0.15, 0.2) is 84.0 Å². The van der Waals surface area contributed by atoms with Crippen LogP contribution in [0.3, 0.4) is 0 Å². The standard InChI is InChI=1S/C25H27N3O2/c1-3-28(4-2)23-16-14-21(15-17-23)25(29)27-26-18-22-12-8-9-13-24(22)30-19-20-10-6-5-7-11-20/h5-18H,3-4,19H2,1-2H3,(H,27,29)/b26-18-. The number of benzene rings is 3. The van der Waals surface area contributed by atoms with Gasteiger partial charge in [0, 0.05) is 29.9 Å². The van der Waals surface area contributed by atoms with Crippen molar-refractivity contribution in [1.82, 2.24) is 5.43 Å². The maximum absolute atomic E-state index is 12.4. The first-order valence-electron chi connectivity index (χ1n) is 10.2. The number of hydrogen-bond acceptors (Lipinski definition) is 4. The molecule has 0 radical (unpaired) electrons. The number of hydrogen-bond donors (Lipinski definition) is 1. The summed E-state index contributed by atoms with van der Waals surface area (Å²) in [4.78, 5) is 14.6. The summed E-state index contributed by atoms with van der Waals surface area (Å²) in [6.07, 6.45) is 1.60. The molecule has 0 bridgehead atoms. The van der Waals surface area contributed by atoms with Gasteiger partial charge in [-0.1, -0.05) is 42.5 Å². The number of carbonyl (C=O) groups excluding carboxylic acids is 1. The minimum Gasteiger partial charge on any atom is -0.488 e. The van der Waals surface area contributed by atoms with Crippen LogP contribution in [0.25, 0.3) is 0 Å². The van der Waals surface area contributed by atoms with Gasteiger partial charge in [-0.15, -0.1) is 0 Å². The first-order valence-corrected chi connectivity index (χ1v) is 10.2. The van der Waals surface area contributed by atoms with Crippen LogP contribution >= 0.6 is 0 Å². The molecule has 0 spiro atoms. The van der Waals surface area contributed by atoms with E-state index in [4.69, 9.17) is 4.74 Å². The van der Waals surface area contributed by atoms with Crippen LogP contribution in [0.1, 0.15) is 35.3 Å². The lowest BCUT2D eigenvalue weighted by Gasteiger charge is -2.20. The van der Waals surface area contributed by atoms with Crippen molar-refractivity contribution in [3.8, 4) is 5.75 Å². The Balaban J connectivity index is 1.60. The number of amides is 1. The summed E-state index contributed by atoms with van der Waals surface area (Å²) >= 11 is 0. The van der Waals surface area contributed by atoms with Gasteiger partial charge in [-0.25, -0.2) is 5.43 Å². The number of para-hydroxylation sites is 1. The van der Waals surface area contributed by atoms with Crippen molar-refractivity contribution in [3.63, 3.8) is 0 Å². The fraction of sp³-hybridized carbons (Fsp3) is 0.200. The van der Waals surface area contributed by atoms with Crippen molar-refractivity contribution in [2.75, 3.05) is 18.0 Å². The molecular weight excluding hydrogens is 374 g/mol. The van der Waals surface area contributed by atoms with E-state index >= 15 is 0 Å². The van der Waals surface area contributed by atoms with E-state index in [1.165, 1.54) is 0 Å². The minimum absolute atomic E-state index is 0.250. The predicted molar refractivity (Wildman–Crippen MR) is 122 cm³/mol. The molecule has 0 fully saturated rings. The number of anilines is 1. The number of nitrogens with one attached hydrogen (secondary N) is 1. The molecule has 0 heterocycles. The Morgan fingerprint density at radius 1 is 0.933 bits per heavy atom. The van der Waals surface area contributed by atoms with Crippen molar-refractivity contribution in [1.29, 1.82) is 0 Å². The molecule has 0 atom stereocenters. The molecular formula is C25H27N3O2. The molecule has 1 amide bonds. The zero-order valence-corrected chi connectivity index (χ0v) is 17.4. The van der Waals surface area contributed by atoms with Crippen molar-refractivity contribution < 1.29 is 9.53 Å². The molecule has 5 heteroatoms. The predicted octanol–water partition coefficient (Wildman–Crippen LogP) is 4.88. The Morgan fingerprint density at radius 3 is 2.30 bits per heavy atom. The molecule has 0 saturated carbocycles. The molecule has 30 heavy (non-hydrogen) atoms. The quantitative estimate of drug-likeness (QED) is 0.411. The smallest absolute Gasteiger partial charge is 0.271 e. The molecule has 0 aliphatic rings. The molecule has 3 aromatic rings. The molecule has 0 aliphatic carbocycles. The molecule has 5 nitrogen and oxygen atoms in total. The van der Waals surface area contributed by atoms with Crippen LogP contribution in [0.2, 0.25) is 0 Å². The Kier molecular flexibility index (Phi) is 7.61. The SMILES string of the molecule is CCN(CC)c1ccc(C(=O)N/N=C\c2ccccc2OCc2ccccc2)cc1. The van der Waals surface area contributed by atoms with Crippen molar-refractivity contribution in [2.45, 2.75) is 20.5 Å². The first kappa shape index (κ1) is 21.1. The molecule has 0 saturated heterocycles. The van der Waals surface area contributed by atoms with Crippen molar-refractivity contribution >= 4 is 17.8 Å². The summed E-state index contributed by atoms with van der Waals surface area (Å²) < 4.78 is 5.91. The number of rotatable bonds is 9. The normalized spacial score (nSPS) is 10.7. The average Bonchev–Trinajstić information content (AvgIpc) is 2.80. The lowest BCUT2D eigenvalue weighted by molar-refractivity contribution is 0.0955. The van der Waals surface area contributed by atoms with Crippen LogP contribution in [0, 0.1) is 0 Å². The third-order valence-corrected chi connectivity index (χ3v) is 4.78. The maximum atomic E-state index is 12.4. The summed E-state index contributed by atoms with van der Waals surface area (Å²) in [6, 6.07) is 25.1. The molecule has 0 aromatic heterocycles. The van der Waals surface area contributed by atoms with Gasteiger partial charge in [0.05, 0.1) is 6.21 Å². The highest BCUT2D eigenvalue weighted by Crippen LogP contribution is 2.18. The highest BCUT2D eigenvalue weighted by Gasteiger charge is 2.07. The van der Waals surface area contributed by atoms with Crippen LogP contribution in [-0.2, 0) is 6.61 Å². The lowest BCUT2D eigenvalue weighted by atomic mass is 10.2. The monoisotopic (exact) mass is 401 g/mol. The summed E-state index contributed by atoms with van der Waals surface area (Å²) in [5, 5.41) is 4.11. The zero-order chi connectivity index (χ0) is 21.2. The maximum Gasteiger partial charge on any atom is 0.271 e. The Hall–Kier alpha value is -3.60. The number of nitrogens with zero attached hydrogens (tertiary/aromatic N) is 2. The van der Waals surface area contributed by atoms with Gasteiger partial charge in [0.25, 0.3) is 5.91 Å². The molecule has 3 aromatic carbocycles. The lowest BCUT2D eigenvalue weighted by Crippen LogP contribution is -2.22. The van der Waals surface area contributed by atoms with Crippen LogP contribution in [-0.4, -0.2) is 25.2 Å². The van der Waals surface area contributed by atoms with Gasteiger partial charge in [-0.3, -0.25) is 4.79 Å². The second-order valence-corrected chi connectivity index (χ2v) is 6.73. The molecule has 1 N–H and O–H groups in total. The third-order valence-electron chi connectivity index (χ3n) is 4.78. The van der Waals surface area contributed by atoms with Gasteiger partial charge in [0.15, 0.2) is 0 Å². The van der Waals surface area contributed by atoms with E-state index in [0.717, 1.165) is 29.9 Å². The molecule has 0 unspecified atom stereocenters. The number of hydrazone groups is 1. The van der Waals surface area contributed by atoms with Gasteiger partial charge in [0.2, 0.25) is 0 Å². The van der Waals surface area contributed by atoms with E-state index in [9.17, 15) is 4.79 Å². The highest BCUT2D eigenvalue weighted by atomic mass is 16.5. The van der Waals surface area contributed by atoms with E-state index in [-0.39, 0.29) is 5.91 Å². The van der Waals surface area contributed by atoms with Crippen molar-refractivity contribution in [2.24, 2.45) is 5.10 Å². The summed E-state index contributed by atoms with van der Waals surface area (Å²) in [5.41, 5.74) is 6.14. The fourth-order valence-electron chi connectivity index (χ4n) is 3.09. The van der Waals surface area contributed by atoms with Crippen LogP contribution in [0.4, 0.5) is 5.69 Å². The van der Waals surface area contributed by atoms with Gasteiger partial charge < -0.3 is 9.64 Å². The second-order valence-electron chi connectivity index (χ2n) is 6.73.